The molecule has 7 amide bonds. The van der Waals surface area contributed by atoms with E-state index in [1.165, 1.54) is 0 Å². The molecule has 5 aliphatic rings. The van der Waals surface area contributed by atoms with E-state index in [2.05, 4.69) is 37.6 Å². The van der Waals surface area contributed by atoms with Crippen molar-refractivity contribution in [1.82, 2.24) is 44.9 Å². The predicted octanol–water partition coefficient (Wildman–Crippen LogP) is 4.77. The molecule has 0 spiro atoms. The first-order chi connectivity index (χ1) is 36.4. The highest BCUT2D eigenvalue weighted by Crippen LogP contribution is 2.44. The summed E-state index contributed by atoms with van der Waals surface area (Å²) in [5.41, 5.74) is 6.09. The number of ether oxygens (including phenoxy) is 4. The summed E-state index contributed by atoms with van der Waals surface area (Å²) in [7, 11) is 3.39. The molecule has 2 fully saturated rings. The van der Waals surface area contributed by atoms with Gasteiger partial charge < -0.3 is 44.3 Å². The zero-order valence-electron chi connectivity index (χ0n) is 42.8. The van der Waals surface area contributed by atoms with Gasteiger partial charge in [0, 0.05) is 106 Å². The molecule has 2 saturated heterocycles. The van der Waals surface area contributed by atoms with Gasteiger partial charge in [0.25, 0.3) is 18.2 Å². The highest BCUT2D eigenvalue weighted by molar-refractivity contribution is 6.23. The molecule has 7 heterocycles. The zero-order chi connectivity index (χ0) is 53.0. The standard InChI is InChI=1S/C28H34F2N8O2.C24H33N3O8/c1-31-28(40)36-11-7-24-23(16-36)27(33-38(24)20-5-9-35(17-39)10-6-20)37-8-3-4-18-12-21(19-14-32-34(2)15-19)22(26(29)30)13-25(18)37;1-2-8-32-10-12-34-14-15-35-13-11-33-9-7-25-17-3-4-18-19(16-17)24(31)27(23(18)30)20-5-6-21(28)26-22(20)29/h12-15,17,20,26H,3-11,16H2,1-2H3,(H,31,40);3-4,16,20,25H,2,5-15H2,1H3,(H,26,28,29). The molecule has 0 bridgehead atoms. The maximum absolute atomic E-state index is 14.4. The second-order valence-corrected chi connectivity index (χ2v) is 18.9. The second kappa shape index (κ2) is 25.6. The minimum Gasteiger partial charge on any atom is -0.383 e. The second-order valence-electron chi connectivity index (χ2n) is 18.9. The molecule has 2 aromatic carbocycles. The van der Waals surface area contributed by atoms with Crippen molar-refractivity contribution >= 4 is 53.3 Å². The fourth-order valence-electron chi connectivity index (χ4n) is 10.1. The van der Waals surface area contributed by atoms with Crippen LogP contribution in [0.2, 0.25) is 0 Å². The van der Waals surface area contributed by atoms with E-state index < -0.39 is 36.1 Å². The third kappa shape index (κ3) is 12.8. The van der Waals surface area contributed by atoms with Gasteiger partial charge in [-0.2, -0.15) is 10.2 Å². The maximum Gasteiger partial charge on any atom is 0.317 e. The van der Waals surface area contributed by atoms with Gasteiger partial charge in [0.2, 0.25) is 18.2 Å². The van der Waals surface area contributed by atoms with Gasteiger partial charge in [0.1, 0.15) is 6.04 Å². The number of aryl methyl sites for hydroxylation is 2. The van der Waals surface area contributed by atoms with Gasteiger partial charge in [-0.1, -0.05) is 6.92 Å². The minimum absolute atomic E-state index is 0.0276. The maximum atomic E-state index is 14.4. The molecule has 23 heteroatoms. The molecule has 9 rings (SSSR count). The number of imide groups is 2. The molecule has 0 aliphatic carbocycles. The van der Waals surface area contributed by atoms with Crippen LogP contribution in [0.1, 0.15) is 101 Å². The number of piperidine rings is 2. The molecule has 0 saturated carbocycles. The number of likely N-dealkylation sites (tertiary alicyclic amines) is 1. The first-order valence-electron chi connectivity index (χ1n) is 25.8. The Balaban J connectivity index is 0.000000201. The van der Waals surface area contributed by atoms with Gasteiger partial charge in [0.15, 0.2) is 5.82 Å². The summed E-state index contributed by atoms with van der Waals surface area (Å²) in [6.45, 7) is 9.77. The summed E-state index contributed by atoms with van der Waals surface area (Å²) in [5, 5.41) is 17.4. The molecule has 5 aliphatic heterocycles. The van der Waals surface area contributed by atoms with E-state index in [-0.39, 0.29) is 41.6 Å². The van der Waals surface area contributed by atoms with Crippen molar-refractivity contribution in [2.75, 3.05) is 103 Å². The summed E-state index contributed by atoms with van der Waals surface area (Å²) < 4.78 is 54.3. The van der Waals surface area contributed by atoms with Crippen molar-refractivity contribution in [1.29, 1.82) is 0 Å². The number of hydrogen-bond donors (Lipinski definition) is 3. The monoisotopic (exact) mass is 1040 g/mol. The molecule has 21 nitrogen and oxygen atoms in total. The predicted molar refractivity (Wildman–Crippen MR) is 271 cm³/mol. The number of fused-ring (bicyclic) bond motifs is 3. The van der Waals surface area contributed by atoms with E-state index in [0.717, 1.165) is 78.3 Å². The molecule has 4 aromatic rings. The smallest absolute Gasteiger partial charge is 0.317 e. The fourth-order valence-corrected chi connectivity index (χ4v) is 10.1. The Bertz CT molecular complexity index is 2690. The largest absolute Gasteiger partial charge is 0.383 e. The van der Waals surface area contributed by atoms with Crippen LogP contribution in [0.15, 0.2) is 42.7 Å². The van der Waals surface area contributed by atoms with Crippen LogP contribution in [0.3, 0.4) is 0 Å². The number of alkyl halides is 2. The SMILES string of the molecule is CCCOCCOCCOCCOCCNc1ccc2c(c1)C(=O)N(C1CCC(=O)NC1=O)C2=O.CNC(=O)N1CCc2c(c(N3CCCc4cc(-c5cnn(C)c5)c(C(F)F)cc43)nn2C2CCN(C=O)CC2)C1. The molecule has 1 unspecified atom stereocenters. The van der Waals surface area contributed by atoms with Crippen LogP contribution in [0, 0.1) is 0 Å². The summed E-state index contributed by atoms with van der Waals surface area (Å²) >= 11 is 0. The van der Waals surface area contributed by atoms with Crippen molar-refractivity contribution in [2.24, 2.45) is 7.05 Å². The third-order valence-corrected chi connectivity index (χ3v) is 13.9. The lowest BCUT2D eigenvalue weighted by atomic mass is 9.92. The van der Waals surface area contributed by atoms with Crippen molar-refractivity contribution in [2.45, 2.75) is 83.3 Å². The van der Waals surface area contributed by atoms with E-state index in [0.29, 0.717) is 109 Å². The van der Waals surface area contributed by atoms with Crippen molar-refractivity contribution in [3.63, 3.8) is 0 Å². The number of carbonyl (C=O) groups excluding carboxylic acids is 6. The van der Waals surface area contributed by atoms with E-state index in [9.17, 15) is 37.5 Å². The molecule has 1 atom stereocenters. The normalized spacial score (nSPS) is 17.7. The van der Waals surface area contributed by atoms with Gasteiger partial charge in [-0.25, -0.2) is 13.6 Å². The van der Waals surface area contributed by atoms with Crippen LogP contribution in [0.5, 0.6) is 0 Å². The van der Waals surface area contributed by atoms with Crippen LogP contribution in [-0.4, -0.2) is 169 Å². The number of aromatic nitrogens is 4. The minimum atomic E-state index is -2.65. The Morgan fingerprint density at radius 2 is 1.56 bits per heavy atom. The topological polar surface area (TPSA) is 224 Å². The summed E-state index contributed by atoms with van der Waals surface area (Å²) in [5.74, 6) is -1.35. The van der Waals surface area contributed by atoms with Crippen LogP contribution < -0.4 is 20.9 Å². The number of rotatable bonds is 21. The Morgan fingerprint density at radius 3 is 2.21 bits per heavy atom. The molecule has 75 heavy (non-hydrogen) atoms. The van der Waals surface area contributed by atoms with Crippen LogP contribution >= 0.6 is 0 Å². The Hall–Kier alpha value is -6.82. The molecule has 3 N–H and O–H groups in total. The first-order valence-corrected chi connectivity index (χ1v) is 25.8. The zero-order valence-corrected chi connectivity index (χ0v) is 42.8. The fraction of sp³-hybridized carbons (Fsp3) is 0.538. The van der Waals surface area contributed by atoms with Crippen LogP contribution in [-0.2, 0) is 59.8 Å². The van der Waals surface area contributed by atoms with Gasteiger partial charge in [-0.05, 0) is 80.0 Å². The number of urea groups is 1. The third-order valence-electron chi connectivity index (χ3n) is 13.9. The molecular formula is C52H67F2N11O10. The van der Waals surface area contributed by atoms with Crippen molar-refractivity contribution in [3.8, 4) is 11.1 Å². The lowest BCUT2D eigenvalue weighted by Crippen LogP contribution is -2.54. The summed E-state index contributed by atoms with van der Waals surface area (Å²) in [4.78, 5) is 79.5. The average Bonchev–Trinajstić information content (AvgIpc) is 4.11. The van der Waals surface area contributed by atoms with E-state index in [1.807, 2.05) is 6.07 Å². The van der Waals surface area contributed by atoms with Gasteiger partial charge in [-0.3, -0.25) is 43.6 Å². The Morgan fingerprint density at radius 1 is 0.853 bits per heavy atom. The van der Waals surface area contributed by atoms with Gasteiger partial charge >= 0.3 is 6.03 Å². The Labute approximate surface area is 434 Å². The van der Waals surface area contributed by atoms with Gasteiger partial charge in [-0.15, -0.1) is 0 Å². The van der Waals surface area contributed by atoms with Crippen molar-refractivity contribution < 1.29 is 56.5 Å². The number of nitrogens with one attached hydrogen (secondary N) is 3. The van der Waals surface area contributed by atoms with Gasteiger partial charge in [0.05, 0.1) is 76.2 Å². The highest BCUT2D eigenvalue weighted by Gasteiger charge is 2.45. The molecular weight excluding hydrogens is 977 g/mol. The van der Waals surface area contributed by atoms with E-state index >= 15 is 0 Å². The Kier molecular flexibility index (Phi) is 18.6. The highest BCUT2D eigenvalue weighted by atomic mass is 19.3. The number of anilines is 3. The van der Waals surface area contributed by atoms with Crippen molar-refractivity contribution in [3.05, 3.63) is 76.2 Å². The summed E-state index contributed by atoms with van der Waals surface area (Å²) in [6.07, 6.45) is 6.72. The first kappa shape index (κ1) is 54.4. The molecule has 0 radical (unpaired) electrons. The number of hydrogen-bond acceptors (Lipinski definition) is 14. The molecule has 404 valence electrons. The number of benzene rings is 2. The van der Waals surface area contributed by atoms with Crippen LogP contribution in [0.25, 0.3) is 11.1 Å². The quantitative estimate of drug-likeness (QED) is 0.0581. The lowest BCUT2D eigenvalue weighted by Gasteiger charge is -2.33. The molecule has 2 aromatic heterocycles. The van der Waals surface area contributed by atoms with E-state index in [1.54, 1.807) is 65.2 Å². The van der Waals surface area contributed by atoms with E-state index in [4.69, 9.17) is 24.0 Å². The number of amides is 7. The summed E-state index contributed by atoms with van der Waals surface area (Å²) in [6, 6.07) is 7.38. The number of carbonyl (C=O) groups is 6. The average molecular weight is 1040 g/mol. The number of halogens is 2. The number of nitrogens with zero attached hydrogens (tertiary/aromatic N) is 8. The lowest BCUT2D eigenvalue weighted by molar-refractivity contribution is -0.136. The van der Waals surface area contributed by atoms with Crippen LogP contribution in [0.4, 0.5) is 30.8 Å².